The van der Waals surface area contributed by atoms with Crippen molar-refractivity contribution in [1.29, 1.82) is 0 Å². The zero-order valence-electron chi connectivity index (χ0n) is 11.7. The molecule has 0 bridgehead atoms. The zero-order valence-corrected chi connectivity index (χ0v) is 11.7. The van der Waals surface area contributed by atoms with E-state index < -0.39 is 0 Å². The minimum absolute atomic E-state index is 0.208. The predicted octanol–water partition coefficient (Wildman–Crippen LogP) is 2.55. The van der Waals surface area contributed by atoms with E-state index in [2.05, 4.69) is 31.8 Å². The first-order valence-corrected chi connectivity index (χ1v) is 6.94. The Balaban J connectivity index is 2.01. The number of hydrogen-bond acceptors (Lipinski definition) is 3. The number of nitrogens with two attached hydrogens (primary N) is 1. The topological polar surface area (TPSA) is 63.9 Å². The number of benzene rings is 1. The number of nitrogens with one attached hydrogen (secondary N) is 1. The largest absolute Gasteiger partial charge is 0.374 e. The molecule has 0 saturated carbocycles. The van der Waals surface area contributed by atoms with Gasteiger partial charge in [0.25, 0.3) is 0 Å². The van der Waals surface area contributed by atoms with Gasteiger partial charge in [-0.15, -0.1) is 0 Å². The van der Waals surface area contributed by atoms with Crippen LogP contribution >= 0.6 is 0 Å². The normalized spacial score (nSPS) is 31.2. The van der Waals surface area contributed by atoms with Crippen LogP contribution in [0.2, 0.25) is 0 Å². The molecule has 4 atom stereocenters. The highest BCUT2D eigenvalue weighted by Gasteiger charge is 2.39. The molecular formula is C15H21N3O. The van der Waals surface area contributed by atoms with Crippen LogP contribution in [0, 0.1) is 5.92 Å². The van der Waals surface area contributed by atoms with E-state index in [4.69, 9.17) is 15.5 Å². The molecule has 4 unspecified atom stereocenters. The second kappa shape index (κ2) is 4.62. The summed E-state index contributed by atoms with van der Waals surface area (Å²) in [7, 11) is 0. The van der Waals surface area contributed by atoms with Gasteiger partial charge in [-0.2, -0.15) is 0 Å². The summed E-state index contributed by atoms with van der Waals surface area (Å²) in [5.41, 5.74) is 8.87. The number of fused-ring (bicyclic) bond motifs is 1. The molecule has 1 aliphatic rings. The molecule has 2 heterocycles. The maximum atomic E-state index is 5.90. The van der Waals surface area contributed by atoms with Crippen molar-refractivity contribution < 1.29 is 4.74 Å². The van der Waals surface area contributed by atoms with Crippen molar-refractivity contribution in [3.8, 4) is 0 Å². The Morgan fingerprint density at radius 2 is 2.05 bits per heavy atom. The van der Waals surface area contributed by atoms with E-state index in [1.165, 1.54) is 0 Å². The van der Waals surface area contributed by atoms with Crippen molar-refractivity contribution in [3.05, 3.63) is 29.6 Å². The Bertz CT molecular complexity index is 592. The van der Waals surface area contributed by atoms with Crippen LogP contribution in [-0.2, 0) is 11.3 Å². The van der Waals surface area contributed by atoms with Gasteiger partial charge in [-0.05, 0) is 37.5 Å². The van der Waals surface area contributed by atoms with E-state index in [0.29, 0.717) is 18.4 Å². The number of imidazole rings is 1. The molecule has 3 N–H and O–H groups in total. The average molecular weight is 259 g/mol. The number of hydrogen-bond donors (Lipinski definition) is 2. The summed E-state index contributed by atoms with van der Waals surface area (Å²) in [6.07, 6.45) is 0.493. The van der Waals surface area contributed by atoms with E-state index in [9.17, 15) is 0 Å². The Morgan fingerprint density at radius 1 is 1.26 bits per heavy atom. The molecule has 4 heteroatoms. The second-order valence-electron chi connectivity index (χ2n) is 5.61. The van der Waals surface area contributed by atoms with Crippen molar-refractivity contribution in [3.63, 3.8) is 0 Å². The summed E-state index contributed by atoms with van der Waals surface area (Å²) in [4.78, 5) is 8.18. The molecule has 0 radical (unpaired) electrons. The monoisotopic (exact) mass is 259 g/mol. The van der Waals surface area contributed by atoms with Crippen molar-refractivity contribution in [2.45, 2.75) is 45.4 Å². The number of aromatic nitrogens is 2. The lowest BCUT2D eigenvalue weighted by Gasteiger charge is -2.15. The van der Waals surface area contributed by atoms with Gasteiger partial charge in [0, 0.05) is 12.5 Å². The third-order valence-electron chi connectivity index (χ3n) is 4.36. The number of rotatable bonds is 2. The van der Waals surface area contributed by atoms with Crippen LogP contribution < -0.4 is 5.73 Å². The minimum Gasteiger partial charge on any atom is -0.374 e. The van der Waals surface area contributed by atoms with Gasteiger partial charge in [0.1, 0.15) is 5.82 Å². The molecule has 1 aliphatic heterocycles. The fraction of sp³-hybridized carbons (Fsp3) is 0.533. The first kappa shape index (κ1) is 12.6. The molecule has 3 rings (SSSR count). The molecule has 2 aromatic rings. The van der Waals surface area contributed by atoms with Crippen molar-refractivity contribution in [2.75, 3.05) is 0 Å². The van der Waals surface area contributed by atoms with Gasteiger partial charge in [0.15, 0.2) is 0 Å². The van der Waals surface area contributed by atoms with Crippen molar-refractivity contribution in [2.24, 2.45) is 11.7 Å². The summed E-state index contributed by atoms with van der Waals surface area (Å²) < 4.78 is 5.90. The fourth-order valence-corrected chi connectivity index (χ4v) is 3.10. The molecular weight excluding hydrogens is 238 g/mol. The molecule has 4 nitrogen and oxygen atoms in total. The maximum absolute atomic E-state index is 5.90. The molecule has 19 heavy (non-hydrogen) atoms. The van der Waals surface area contributed by atoms with Gasteiger partial charge in [0.2, 0.25) is 0 Å². The summed E-state index contributed by atoms with van der Waals surface area (Å²) >= 11 is 0. The van der Waals surface area contributed by atoms with Crippen LogP contribution in [-0.4, -0.2) is 22.2 Å². The van der Waals surface area contributed by atoms with Crippen molar-refractivity contribution >= 4 is 11.0 Å². The van der Waals surface area contributed by atoms with Crippen LogP contribution in [0.25, 0.3) is 11.0 Å². The summed E-state index contributed by atoms with van der Waals surface area (Å²) in [6.45, 7) is 7.05. The molecule has 1 aromatic carbocycles. The van der Waals surface area contributed by atoms with E-state index in [1.807, 2.05) is 12.1 Å². The molecule has 1 saturated heterocycles. The third kappa shape index (κ3) is 2.05. The van der Waals surface area contributed by atoms with Gasteiger partial charge in [0.05, 0.1) is 23.2 Å². The predicted molar refractivity (Wildman–Crippen MR) is 75.9 cm³/mol. The lowest BCUT2D eigenvalue weighted by atomic mass is 9.89. The summed E-state index contributed by atoms with van der Waals surface area (Å²) in [5, 5.41) is 0. The lowest BCUT2D eigenvalue weighted by Crippen LogP contribution is -2.16. The lowest BCUT2D eigenvalue weighted by molar-refractivity contribution is 0.0554. The number of H-pyrrole nitrogens is 1. The van der Waals surface area contributed by atoms with Gasteiger partial charge in [-0.3, -0.25) is 0 Å². The number of nitrogens with zero attached hydrogens (tertiary/aromatic N) is 1. The van der Waals surface area contributed by atoms with Crippen LogP contribution in [0.3, 0.4) is 0 Å². The van der Waals surface area contributed by atoms with Crippen LogP contribution in [0.15, 0.2) is 18.2 Å². The average Bonchev–Trinajstić information content (AvgIpc) is 2.90. The highest BCUT2D eigenvalue weighted by atomic mass is 16.5. The van der Waals surface area contributed by atoms with Gasteiger partial charge < -0.3 is 15.5 Å². The Hall–Kier alpha value is -1.39. The van der Waals surface area contributed by atoms with Crippen LogP contribution in [0.4, 0.5) is 0 Å². The highest BCUT2D eigenvalue weighted by molar-refractivity contribution is 5.76. The van der Waals surface area contributed by atoms with E-state index in [-0.39, 0.29) is 12.2 Å². The van der Waals surface area contributed by atoms with Crippen LogP contribution in [0.5, 0.6) is 0 Å². The first-order valence-electron chi connectivity index (χ1n) is 6.94. The van der Waals surface area contributed by atoms with Crippen LogP contribution in [0.1, 0.15) is 38.1 Å². The molecule has 0 amide bonds. The molecule has 102 valence electrons. The Labute approximate surface area is 113 Å². The molecule has 0 aliphatic carbocycles. The standard InChI is InChI=1S/C15H21N3O/c1-8-9(2)19-10(3)14(8)15-17-12-5-4-11(7-16)6-13(12)18-15/h4-6,8-10,14H,7,16H2,1-3H3,(H,17,18). The van der Waals surface area contributed by atoms with Gasteiger partial charge in [-0.1, -0.05) is 13.0 Å². The number of aromatic amines is 1. The Morgan fingerprint density at radius 3 is 2.68 bits per heavy atom. The fourth-order valence-electron chi connectivity index (χ4n) is 3.10. The smallest absolute Gasteiger partial charge is 0.113 e. The quantitative estimate of drug-likeness (QED) is 0.871. The van der Waals surface area contributed by atoms with E-state index in [0.717, 1.165) is 22.4 Å². The van der Waals surface area contributed by atoms with Gasteiger partial charge >= 0.3 is 0 Å². The molecule has 1 fully saturated rings. The summed E-state index contributed by atoms with van der Waals surface area (Å²) in [6, 6.07) is 6.15. The molecule has 0 spiro atoms. The maximum Gasteiger partial charge on any atom is 0.113 e. The number of ether oxygens (including phenoxy) is 1. The highest BCUT2D eigenvalue weighted by Crippen LogP contribution is 2.39. The third-order valence-corrected chi connectivity index (χ3v) is 4.36. The van der Waals surface area contributed by atoms with E-state index in [1.54, 1.807) is 0 Å². The zero-order chi connectivity index (χ0) is 13.6. The minimum atomic E-state index is 0.208. The van der Waals surface area contributed by atoms with Gasteiger partial charge in [-0.25, -0.2) is 4.98 Å². The first-order chi connectivity index (χ1) is 9.10. The SMILES string of the molecule is CC1OC(C)C(c2nc3ccc(CN)cc3[nH]2)C1C. The summed E-state index contributed by atoms with van der Waals surface area (Å²) in [5.74, 6) is 1.85. The second-order valence-corrected chi connectivity index (χ2v) is 5.61. The van der Waals surface area contributed by atoms with E-state index >= 15 is 0 Å². The van der Waals surface area contributed by atoms with Crippen molar-refractivity contribution in [1.82, 2.24) is 9.97 Å². The Kier molecular flexibility index (Phi) is 3.07. The molecule has 1 aromatic heterocycles.